The van der Waals surface area contributed by atoms with Crippen molar-refractivity contribution in [3.8, 4) is 5.75 Å². The first-order valence-electron chi connectivity index (χ1n) is 9.31. The Morgan fingerprint density at radius 2 is 1.75 bits per heavy atom. The lowest BCUT2D eigenvalue weighted by Crippen LogP contribution is -2.37. The van der Waals surface area contributed by atoms with Gasteiger partial charge in [-0.05, 0) is 41.2 Å². The number of rotatable bonds is 9. The maximum Gasteiger partial charge on any atom is 0.191 e. The zero-order chi connectivity index (χ0) is 19.5. The normalized spacial score (nSPS) is 12.1. The van der Waals surface area contributed by atoms with Crippen LogP contribution in [0.25, 0.3) is 0 Å². The lowest BCUT2D eigenvalue weighted by molar-refractivity contribution is 0.185. The summed E-state index contributed by atoms with van der Waals surface area (Å²) in [5, 5.41) is 6.76. The van der Waals surface area contributed by atoms with E-state index in [4.69, 9.17) is 9.47 Å². The molecule has 0 amide bonds. The fraction of sp³-hybridized carbons (Fsp3) is 0.409. The number of nitrogens with zero attached hydrogens (tertiary/aromatic N) is 1. The highest BCUT2D eigenvalue weighted by Gasteiger charge is 2.06. The molecule has 2 aromatic rings. The van der Waals surface area contributed by atoms with Gasteiger partial charge in [-0.2, -0.15) is 0 Å². The quantitative estimate of drug-likeness (QED) is 0.308. The molecule has 0 bridgehead atoms. The van der Waals surface area contributed by atoms with E-state index in [0.29, 0.717) is 12.5 Å². The predicted octanol–water partition coefficient (Wildman–Crippen LogP) is 4.32. The van der Waals surface area contributed by atoms with Gasteiger partial charge in [-0.3, -0.25) is 4.99 Å². The number of halogens is 1. The molecule has 0 radical (unpaired) electrons. The van der Waals surface area contributed by atoms with Crippen LogP contribution in [-0.4, -0.2) is 33.8 Å². The Balaban J connectivity index is 0.00000392. The number of hydrogen-bond acceptors (Lipinski definition) is 3. The van der Waals surface area contributed by atoms with E-state index in [1.54, 1.807) is 21.3 Å². The van der Waals surface area contributed by atoms with E-state index in [1.165, 1.54) is 16.7 Å². The van der Waals surface area contributed by atoms with Crippen LogP contribution >= 0.6 is 24.0 Å². The van der Waals surface area contributed by atoms with Gasteiger partial charge in [0.2, 0.25) is 0 Å². The van der Waals surface area contributed by atoms with Crippen molar-refractivity contribution in [3.05, 3.63) is 65.2 Å². The van der Waals surface area contributed by atoms with Crippen molar-refractivity contribution < 1.29 is 9.47 Å². The van der Waals surface area contributed by atoms with Crippen molar-refractivity contribution >= 4 is 29.9 Å². The first kappa shape index (κ1) is 24.2. The zero-order valence-electron chi connectivity index (χ0n) is 17.2. The molecular weight excluding hydrogens is 465 g/mol. The molecular formula is C22H32IN3O2. The highest BCUT2D eigenvalue weighted by atomic mass is 127. The fourth-order valence-electron chi connectivity index (χ4n) is 2.91. The second-order valence-electron chi connectivity index (χ2n) is 6.57. The number of nitrogens with one attached hydrogen (secondary N) is 2. The van der Waals surface area contributed by atoms with Crippen LogP contribution in [0.15, 0.2) is 53.5 Å². The van der Waals surface area contributed by atoms with Gasteiger partial charge in [-0.1, -0.05) is 43.3 Å². The van der Waals surface area contributed by atoms with Crippen molar-refractivity contribution in [1.82, 2.24) is 10.6 Å². The molecule has 0 fully saturated rings. The number of benzene rings is 2. The van der Waals surface area contributed by atoms with Crippen molar-refractivity contribution in [2.24, 2.45) is 4.99 Å². The van der Waals surface area contributed by atoms with Crippen LogP contribution in [0.5, 0.6) is 5.75 Å². The molecule has 2 rings (SSSR count). The molecule has 0 heterocycles. The van der Waals surface area contributed by atoms with E-state index in [1.807, 2.05) is 12.1 Å². The summed E-state index contributed by atoms with van der Waals surface area (Å²) >= 11 is 0. The molecule has 0 saturated heterocycles. The van der Waals surface area contributed by atoms with Gasteiger partial charge in [-0.15, -0.1) is 24.0 Å². The van der Waals surface area contributed by atoms with E-state index in [2.05, 4.69) is 58.9 Å². The third-order valence-corrected chi connectivity index (χ3v) is 4.54. The van der Waals surface area contributed by atoms with Crippen molar-refractivity contribution in [3.63, 3.8) is 0 Å². The lowest BCUT2D eigenvalue weighted by atomic mass is 9.98. The second-order valence-corrected chi connectivity index (χ2v) is 6.57. The van der Waals surface area contributed by atoms with Crippen LogP contribution in [0.1, 0.15) is 36.0 Å². The number of methoxy groups -OCH3 is 2. The van der Waals surface area contributed by atoms with Crippen molar-refractivity contribution in [2.75, 3.05) is 27.8 Å². The van der Waals surface area contributed by atoms with Crippen molar-refractivity contribution in [1.29, 1.82) is 0 Å². The summed E-state index contributed by atoms with van der Waals surface area (Å²) in [6, 6.07) is 16.7. The molecule has 154 valence electrons. The predicted molar refractivity (Wildman–Crippen MR) is 127 cm³/mol. The van der Waals surface area contributed by atoms with Gasteiger partial charge < -0.3 is 20.1 Å². The SMILES string of the molecule is CN=C(NCCC(C)c1ccc(OC)cc1)NCc1cccc(COC)c1.I. The fourth-order valence-corrected chi connectivity index (χ4v) is 2.91. The van der Waals surface area contributed by atoms with Gasteiger partial charge in [0, 0.05) is 27.2 Å². The highest BCUT2D eigenvalue weighted by Crippen LogP contribution is 2.21. The van der Waals surface area contributed by atoms with Gasteiger partial charge in [0.05, 0.1) is 13.7 Å². The van der Waals surface area contributed by atoms with Gasteiger partial charge in [0.15, 0.2) is 5.96 Å². The number of aliphatic imine (C=N–C) groups is 1. The molecule has 0 saturated carbocycles. The van der Waals surface area contributed by atoms with Gasteiger partial charge >= 0.3 is 0 Å². The Labute approximate surface area is 186 Å². The van der Waals surface area contributed by atoms with Gasteiger partial charge in [-0.25, -0.2) is 0 Å². The first-order chi connectivity index (χ1) is 13.2. The largest absolute Gasteiger partial charge is 0.497 e. The topological polar surface area (TPSA) is 54.9 Å². The standard InChI is InChI=1S/C22H31N3O2.HI/c1-17(20-8-10-21(27-4)11-9-20)12-13-24-22(23-2)25-15-18-6-5-7-19(14-18)16-26-3;/h5-11,14,17H,12-13,15-16H2,1-4H3,(H2,23,24,25);1H. The highest BCUT2D eigenvalue weighted by molar-refractivity contribution is 14.0. The first-order valence-corrected chi connectivity index (χ1v) is 9.31. The molecule has 5 nitrogen and oxygen atoms in total. The van der Waals surface area contributed by atoms with E-state index >= 15 is 0 Å². The molecule has 6 heteroatoms. The van der Waals surface area contributed by atoms with E-state index in [-0.39, 0.29) is 24.0 Å². The number of ether oxygens (including phenoxy) is 2. The van der Waals surface area contributed by atoms with Crippen LogP contribution in [0, 0.1) is 0 Å². The number of hydrogen-bond donors (Lipinski definition) is 2. The third-order valence-electron chi connectivity index (χ3n) is 4.54. The third kappa shape index (κ3) is 8.06. The molecule has 0 aromatic heterocycles. The minimum atomic E-state index is 0. The molecule has 28 heavy (non-hydrogen) atoms. The van der Waals surface area contributed by atoms with Gasteiger partial charge in [0.1, 0.15) is 5.75 Å². The average Bonchev–Trinajstić information content (AvgIpc) is 2.71. The lowest BCUT2D eigenvalue weighted by Gasteiger charge is -2.16. The van der Waals surface area contributed by atoms with Crippen LogP contribution < -0.4 is 15.4 Å². The monoisotopic (exact) mass is 497 g/mol. The zero-order valence-corrected chi connectivity index (χ0v) is 19.5. The summed E-state index contributed by atoms with van der Waals surface area (Å²) in [5.41, 5.74) is 3.70. The van der Waals surface area contributed by atoms with E-state index < -0.39 is 0 Å². The maximum atomic E-state index is 5.22. The molecule has 1 atom stereocenters. The van der Waals surface area contributed by atoms with Crippen LogP contribution in [0.4, 0.5) is 0 Å². The van der Waals surface area contributed by atoms with Crippen molar-refractivity contribution in [2.45, 2.75) is 32.4 Å². The molecule has 0 aliphatic rings. The summed E-state index contributed by atoms with van der Waals surface area (Å²) in [4.78, 5) is 4.31. The molecule has 2 N–H and O–H groups in total. The Bertz CT molecular complexity index is 720. The molecule has 0 spiro atoms. The molecule has 0 aliphatic heterocycles. The summed E-state index contributed by atoms with van der Waals surface area (Å²) in [7, 11) is 5.20. The smallest absolute Gasteiger partial charge is 0.191 e. The maximum absolute atomic E-state index is 5.22. The Hall–Kier alpha value is -1.80. The summed E-state index contributed by atoms with van der Waals surface area (Å²) in [5.74, 6) is 2.17. The van der Waals surface area contributed by atoms with E-state index in [9.17, 15) is 0 Å². The average molecular weight is 497 g/mol. The Morgan fingerprint density at radius 1 is 1.04 bits per heavy atom. The van der Waals surface area contributed by atoms with Crippen LogP contribution in [-0.2, 0) is 17.9 Å². The van der Waals surface area contributed by atoms with Crippen LogP contribution in [0.3, 0.4) is 0 Å². The minimum absolute atomic E-state index is 0. The summed E-state index contributed by atoms with van der Waals surface area (Å²) < 4.78 is 10.4. The summed E-state index contributed by atoms with van der Waals surface area (Å²) in [6.07, 6.45) is 1.02. The summed E-state index contributed by atoms with van der Waals surface area (Å²) in [6.45, 7) is 4.45. The Morgan fingerprint density at radius 3 is 2.39 bits per heavy atom. The minimum Gasteiger partial charge on any atom is -0.497 e. The van der Waals surface area contributed by atoms with Gasteiger partial charge in [0.25, 0.3) is 0 Å². The molecule has 2 aromatic carbocycles. The number of guanidine groups is 1. The van der Waals surface area contributed by atoms with Crippen LogP contribution in [0.2, 0.25) is 0 Å². The Kier molecular flexibility index (Phi) is 11.6. The second kappa shape index (κ2) is 13.4. The van der Waals surface area contributed by atoms with E-state index in [0.717, 1.165) is 31.2 Å². The molecule has 1 unspecified atom stereocenters. The molecule has 0 aliphatic carbocycles.